The molecule has 3 fully saturated rings. The van der Waals surface area contributed by atoms with E-state index in [4.69, 9.17) is 9.92 Å². The predicted octanol–water partition coefficient (Wildman–Crippen LogP) is 0.233. The molecule has 6 heteroatoms. The fourth-order valence-electron chi connectivity index (χ4n) is 2.09. The molecule has 3 N–H and O–H groups in total. The summed E-state index contributed by atoms with van der Waals surface area (Å²) in [7, 11) is -1.14. The number of fused-ring (bicyclic) bond motifs is 1. The molecule has 3 saturated heterocycles. The van der Waals surface area contributed by atoms with Crippen LogP contribution in [-0.2, 0) is 4.18 Å². The van der Waals surface area contributed by atoms with Gasteiger partial charge in [0.05, 0.1) is 11.0 Å². The number of aromatic nitrogens is 2. The standard InChI is InChI=1S/C8H11N3O2S/c9-7-6(3-10-8(12)11-7)14-2-1-5(4-14)13-14/h3,5H,1-2,4H2,(H3,9,10,11,12). The van der Waals surface area contributed by atoms with Crippen molar-refractivity contribution in [2.75, 3.05) is 17.2 Å². The predicted molar refractivity (Wildman–Crippen MR) is 54.4 cm³/mol. The highest BCUT2D eigenvalue weighted by Crippen LogP contribution is 2.71. The van der Waals surface area contributed by atoms with Crippen LogP contribution in [0.2, 0.25) is 0 Å². The van der Waals surface area contributed by atoms with E-state index in [1.54, 1.807) is 6.20 Å². The largest absolute Gasteiger partial charge is 0.383 e. The lowest BCUT2D eigenvalue weighted by atomic mass is 10.3. The third-order valence-electron chi connectivity index (χ3n) is 2.75. The van der Waals surface area contributed by atoms with Crippen LogP contribution in [-0.4, -0.2) is 27.6 Å². The quantitative estimate of drug-likeness (QED) is 0.700. The van der Waals surface area contributed by atoms with Gasteiger partial charge in [0.15, 0.2) is 0 Å². The summed E-state index contributed by atoms with van der Waals surface area (Å²) in [6.07, 6.45) is 3.21. The third-order valence-corrected chi connectivity index (χ3v) is 6.32. The number of nitrogens with one attached hydrogen (secondary N) is 1. The second-order valence-corrected chi connectivity index (χ2v) is 6.64. The first-order valence-electron chi connectivity index (χ1n) is 4.52. The molecule has 1 aromatic heterocycles. The van der Waals surface area contributed by atoms with Crippen molar-refractivity contribution < 1.29 is 4.18 Å². The highest BCUT2D eigenvalue weighted by atomic mass is 32.3. The zero-order chi connectivity index (χ0) is 9.76. The highest BCUT2D eigenvalue weighted by Gasteiger charge is 2.50. The third kappa shape index (κ3) is 0.949. The number of H-pyrrole nitrogens is 1. The van der Waals surface area contributed by atoms with Gasteiger partial charge in [-0.1, -0.05) is 0 Å². The van der Waals surface area contributed by atoms with E-state index in [2.05, 4.69) is 9.97 Å². The summed E-state index contributed by atoms with van der Waals surface area (Å²) in [5.74, 6) is 2.49. The summed E-state index contributed by atoms with van der Waals surface area (Å²) in [5, 5.41) is 0. The van der Waals surface area contributed by atoms with Crippen molar-refractivity contribution in [2.24, 2.45) is 0 Å². The maximum atomic E-state index is 10.9. The number of hydrogen-bond donors (Lipinski definition) is 2. The molecule has 2 unspecified atom stereocenters. The van der Waals surface area contributed by atoms with Gasteiger partial charge in [-0.05, 0) is 6.42 Å². The molecule has 0 saturated carbocycles. The van der Waals surface area contributed by atoms with Crippen molar-refractivity contribution in [2.45, 2.75) is 17.4 Å². The Bertz CT molecular complexity index is 433. The molecule has 3 aliphatic rings. The van der Waals surface area contributed by atoms with Gasteiger partial charge in [0.2, 0.25) is 0 Å². The number of hydrogen-bond acceptors (Lipinski definition) is 4. The van der Waals surface area contributed by atoms with Crippen LogP contribution in [0.15, 0.2) is 15.9 Å². The SMILES string of the molecule is Nc1nc(=O)[nH]cc1S12CCC(C1)O2. The Morgan fingerprint density at radius 3 is 3.07 bits per heavy atom. The molecular weight excluding hydrogens is 202 g/mol. The first-order chi connectivity index (χ1) is 6.70. The van der Waals surface area contributed by atoms with Crippen LogP contribution in [0.3, 0.4) is 0 Å². The molecule has 0 amide bonds. The second kappa shape index (κ2) is 2.52. The minimum Gasteiger partial charge on any atom is -0.383 e. The van der Waals surface area contributed by atoms with Crippen LogP contribution in [0.5, 0.6) is 0 Å². The van der Waals surface area contributed by atoms with Gasteiger partial charge in [-0.3, -0.25) is 0 Å². The van der Waals surface area contributed by atoms with Gasteiger partial charge in [-0.15, -0.1) is 10.3 Å². The first kappa shape index (κ1) is 8.31. The van der Waals surface area contributed by atoms with Crippen molar-refractivity contribution in [3.63, 3.8) is 0 Å². The van der Waals surface area contributed by atoms with Crippen molar-refractivity contribution in [1.82, 2.24) is 9.97 Å². The summed E-state index contributed by atoms with van der Waals surface area (Å²) in [5.41, 5.74) is 5.33. The number of anilines is 1. The molecule has 14 heavy (non-hydrogen) atoms. The van der Waals surface area contributed by atoms with Crippen LogP contribution < -0.4 is 11.4 Å². The minimum absolute atomic E-state index is 0.337. The zero-order valence-corrected chi connectivity index (χ0v) is 8.34. The summed E-state index contributed by atoms with van der Waals surface area (Å²) >= 11 is 0. The van der Waals surface area contributed by atoms with Gasteiger partial charge in [0, 0.05) is 17.7 Å². The molecule has 2 bridgehead atoms. The Morgan fingerprint density at radius 2 is 2.50 bits per heavy atom. The van der Waals surface area contributed by atoms with Crippen LogP contribution in [0, 0.1) is 0 Å². The molecule has 0 aromatic carbocycles. The molecule has 1 aromatic rings. The monoisotopic (exact) mass is 213 g/mol. The summed E-state index contributed by atoms with van der Waals surface area (Å²) < 4.78 is 5.79. The molecule has 76 valence electrons. The Balaban J connectivity index is 2.08. The average molecular weight is 213 g/mol. The van der Waals surface area contributed by atoms with Crippen molar-refractivity contribution in [1.29, 1.82) is 0 Å². The summed E-state index contributed by atoms with van der Waals surface area (Å²) in [6.45, 7) is 0. The van der Waals surface area contributed by atoms with Crippen molar-refractivity contribution in [3.05, 3.63) is 16.7 Å². The molecule has 0 radical (unpaired) electrons. The molecule has 5 nitrogen and oxygen atoms in total. The van der Waals surface area contributed by atoms with E-state index < -0.39 is 16.0 Å². The van der Waals surface area contributed by atoms with E-state index in [1.165, 1.54) is 0 Å². The summed E-state index contributed by atoms with van der Waals surface area (Å²) in [6, 6.07) is 0. The molecule has 0 spiro atoms. The first-order valence-corrected chi connectivity index (χ1v) is 6.41. The van der Waals surface area contributed by atoms with E-state index in [0.29, 0.717) is 11.9 Å². The number of nitrogen functional groups attached to an aromatic ring is 1. The van der Waals surface area contributed by atoms with E-state index in [0.717, 1.165) is 22.8 Å². The normalized spacial score (nSPS) is 38.7. The second-order valence-electron chi connectivity index (χ2n) is 3.64. The molecular formula is C8H11N3O2S. The van der Waals surface area contributed by atoms with E-state index in [9.17, 15) is 4.79 Å². The lowest BCUT2D eigenvalue weighted by Crippen LogP contribution is -2.28. The van der Waals surface area contributed by atoms with Gasteiger partial charge in [-0.25, -0.2) is 4.79 Å². The Labute approximate surface area is 82.2 Å². The van der Waals surface area contributed by atoms with E-state index in [-0.39, 0.29) is 0 Å². The fraction of sp³-hybridized carbons (Fsp3) is 0.500. The van der Waals surface area contributed by atoms with E-state index >= 15 is 0 Å². The molecule has 4 heterocycles. The van der Waals surface area contributed by atoms with Gasteiger partial charge in [0.1, 0.15) is 5.82 Å². The van der Waals surface area contributed by atoms with Gasteiger partial charge in [0.25, 0.3) is 0 Å². The van der Waals surface area contributed by atoms with Crippen molar-refractivity contribution in [3.8, 4) is 0 Å². The minimum atomic E-state index is -1.14. The summed E-state index contributed by atoms with van der Waals surface area (Å²) in [4.78, 5) is 18.1. The average Bonchev–Trinajstić information content (AvgIpc) is 2.61. The fourth-order valence-corrected chi connectivity index (χ4v) is 5.56. The van der Waals surface area contributed by atoms with Crippen LogP contribution in [0.1, 0.15) is 6.42 Å². The highest BCUT2D eigenvalue weighted by molar-refractivity contribution is 8.31. The number of aromatic amines is 1. The maximum Gasteiger partial charge on any atom is 0.346 e. The van der Waals surface area contributed by atoms with Crippen molar-refractivity contribution >= 4 is 16.1 Å². The van der Waals surface area contributed by atoms with Crippen LogP contribution >= 0.6 is 10.3 Å². The molecule has 4 rings (SSSR count). The Morgan fingerprint density at radius 1 is 1.71 bits per heavy atom. The zero-order valence-electron chi connectivity index (χ0n) is 7.53. The van der Waals surface area contributed by atoms with Gasteiger partial charge < -0.3 is 14.9 Å². The molecule has 2 atom stereocenters. The van der Waals surface area contributed by atoms with E-state index in [1.807, 2.05) is 0 Å². The van der Waals surface area contributed by atoms with Gasteiger partial charge >= 0.3 is 5.69 Å². The molecule has 3 aliphatic heterocycles. The Kier molecular flexibility index (Phi) is 1.49. The maximum absolute atomic E-state index is 10.9. The number of nitrogens with zero attached hydrogens (tertiary/aromatic N) is 1. The topological polar surface area (TPSA) is 81.0 Å². The lowest BCUT2D eigenvalue weighted by Gasteiger charge is -2.43. The Hall–Kier alpha value is -1.01. The lowest BCUT2D eigenvalue weighted by molar-refractivity contribution is 0.236. The van der Waals surface area contributed by atoms with Gasteiger partial charge in [-0.2, -0.15) is 4.98 Å². The van der Waals surface area contributed by atoms with Crippen LogP contribution in [0.25, 0.3) is 0 Å². The molecule has 0 aliphatic carbocycles. The smallest absolute Gasteiger partial charge is 0.346 e. The number of nitrogens with two attached hydrogens (primary N) is 1. The van der Waals surface area contributed by atoms with Crippen LogP contribution in [0.4, 0.5) is 5.82 Å². The number of rotatable bonds is 1.